The Kier molecular flexibility index (Phi) is 4.91. The molecule has 1 unspecified atom stereocenters. The molecule has 1 atom stereocenters. The smallest absolute Gasteiger partial charge is 0.251 e. The highest BCUT2D eigenvalue weighted by Gasteiger charge is 2.18. The second kappa shape index (κ2) is 6.87. The zero-order valence-corrected chi connectivity index (χ0v) is 11.9. The normalized spacial score (nSPS) is 11.9. The molecular weight excluding hydrogens is 248 g/mol. The van der Waals surface area contributed by atoms with Crippen molar-refractivity contribution in [3.8, 4) is 0 Å². The molecule has 0 aliphatic heterocycles. The predicted octanol–water partition coefficient (Wildman–Crippen LogP) is 2.75. The van der Waals surface area contributed by atoms with Crippen molar-refractivity contribution in [2.75, 3.05) is 13.6 Å². The van der Waals surface area contributed by atoms with Gasteiger partial charge in [0.25, 0.3) is 5.91 Å². The van der Waals surface area contributed by atoms with Crippen LogP contribution < -0.4 is 10.6 Å². The lowest BCUT2D eigenvalue weighted by Gasteiger charge is -2.21. The van der Waals surface area contributed by atoms with E-state index in [1.165, 1.54) is 0 Å². The molecule has 3 heteroatoms. The number of hydrogen-bond acceptors (Lipinski definition) is 2. The molecule has 0 saturated heterocycles. The lowest BCUT2D eigenvalue weighted by Crippen LogP contribution is -2.26. The lowest BCUT2D eigenvalue weighted by atomic mass is 9.94. The third-order valence-corrected chi connectivity index (χ3v) is 3.28. The van der Waals surface area contributed by atoms with Gasteiger partial charge in [0.1, 0.15) is 0 Å². The molecule has 1 amide bonds. The fourth-order valence-corrected chi connectivity index (χ4v) is 2.35. The number of hydrogen-bond donors (Lipinski definition) is 2. The summed E-state index contributed by atoms with van der Waals surface area (Å²) in [4.78, 5) is 12.0. The van der Waals surface area contributed by atoms with Gasteiger partial charge in [0.15, 0.2) is 0 Å². The summed E-state index contributed by atoms with van der Waals surface area (Å²) < 4.78 is 0. The Morgan fingerprint density at radius 2 is 1.70 bits per heavy atom. The Labute approximate surface area is 120 Å². The Balaban J connectivity index is 2.47. The second-order valence-electron chi connectivity index (χ2n) is 4.57. The average Bonchev–Trinajstić information content (AvgIpc) is 2.53. The Morgan fingerprint density at radius 1 is 1.05 bits per heavy atom. The molecule has 0 fully saturated rings. The molecule has 0 aliphatic carbocycles. The predicted molar refractivity (Wildman–Crippen MR) is 81.8 cm³/mol. The molecule has 3 nitrogen and oxygen atoms in total. The molecule has 0 aromatic heterocycles. The van der Waals surface area contributed by atoms with Gasteiger partial charge in [-0.2, -0.15) is 0 Å². The molecule has 0 heterocycles. The summed E-state index contributed by atoms with van der Waals surface area (Å²) in [5.41, 5.74) is 2.87. The molecule has 0 saturated carbocycles. The maximum Gasteiger partial charge on any atom is 0.251 e. The average molecular weight is 268 g/mol. The van der Waals surface area contributed by atoms with Crippen LogP contribution in [0.4, 0.5) is 0 Å². The fourth-order valence-electron chi connectivity index (χ4n) is 2.35. The van der Waals surface area contributed by atoms with E-state index in [4.69, 9.17) is 0 Å². The summed E-state index contributed by atoms with van der Waals surface area (Å²) in [6.45, 7) is 2.90. The SMILES string of the molecule is CCNC(c1ccccc1)c1ccccc1C(=O)NC. The number of carbonyl (C=O) groups is 1. The van der Waals surface area contributed by atoms with Crippen LogP contribution in [0.3, 0.4) is 0 Å². The van der Waals surface area contributed by atoms with E-state index in [-0.39, 0.29) is 11.9 Å². The van der Waals surface area contributed by atoms with Gasteiger partial charge in [0, 0.05) is 12.6 Å². The van der Waals surface area contributed by atoms with Crippen molar-refractivity contribution in [2.24, 2.45) is 0 Å². The van der Waals surface area contributed by atoms with Gasteiger partial charge in [-0.3, -0.25) is 4.79 Å². The van der Waals surface area contributed by atoms with Crippen LogP contribution in [0.25, 0.3) is 0 Å². The lowest BCUT2D eigenvalue weighted by molar-refractivity contribution is 0.0961. The first-order valence-corrected chi connectivity index (χ1v) is 6.87. The standard InChI is InChI=1S/C17H20N2O/c1-3-19-16(13-9-5-4-6-10-13)14-11-7-8-12-15(14)17(20)18-2/h4-12,16,19H,3H2,1-2H3,(H,18,20). The van der Waals surface area contributed by atoms with Crippen molar-refractivity contribution in [3.05, 3.63) is 71.3 Å². The summed E-state index contributed by atoms with van der Waals surface area (Å²) in [5.74, 6) is -0.0561. The van der Waals surface area contributed by atoms with Crippen LogP contribution in [-0.2, 0) is 0 Å². The molecule has 2 rings (SSSR count). The van der Waals surface area contributed by atoms with Crippen molar-refractivity contribution in [2.45, 2.75) is 13.0 Å². The van der Waals surface area contributed by atoms with Crippen LogP contribution in [0, 0.1) is 0 Å². The molecule has 0 radical (unpaired) electrons. The number of carbonyl (C=O) groups excluding carboxylic acids is 1. The topological polar surface area (TPSA) is 41.1 Å². The van der Waals surface area contributed by atoms with Gasteiger partial charge in [0.05, 0.1) is 6.04 Å². The number of rotatable bonds is 5. The minimum Gasteiger partial charge on any atom is -0.355 e. The van der Waals surface area contributed by atoms with Gasteiger partial charge in [-0.1, -0.05) is 55.5 Å². The van der Waals surface area contributed by atoms with Crippen molar-refractivity contribution < 1.29 is 4.79 Å². The molecule has 2 N–H and O–H groups in total. The van der Waals surface area contributed by atoms with Crippen molar-refractivity contribution in [3.63, 3.8) is 0 Å². The van der Waals surface area contributed by atoms with Gasteiger partial charge in [-0.05, 0) is 23.7 Å². The van der Waals surface area contributed by atoms with E-state index >= 15 is 0 Å². The van der Waals surface area contributed by atoms with Crippen molar-refractivity contribution in [1.29, 1.82) is 0 Å². The van der Waals surface area contributed by atoms with Gasteiger partial charge >= 0.3 is 0 Å². The number of benzene rings is 2. The van der Waals surface area contributed by atoms with Crippen molar-refractivity contribution >= 4 is 5.91 Å². The van der Waals surface area contributed by atoms with E-state index in [1.807, 2.05) is 42.5 Å². The van der Waals surface area contributed by atoms with Gasteiger partial charge in [0.2, 0.25) is 0 Å². The first-order chi connectivity index (χ1) is 9.77. The van der Waals surface area contributed by atoms with Gasteiger partial charge in [-0.25, -0.2) is 0 Å². The molecular formula is C17H20N2O. The molecule has 0 bridgehead atoms. The van der Waals surface area contributed by atoms with Crippen molar-refractivity contribution in [1.82, 2.24) is 10.6 Å². The largest absolute Gasteiger partial charge is 0.355 e. The first-order valence-electron chi connectivity index (χ1n) is 6.87. The molecule has 2 aromatic rings. The first kappa shape index (κ1) is 14.3. The van der Waals surface area contributed by atoms with E-state index in [2.05, 4.69) is 29.7 Å². The van der Waals surface area contributed by atoms with Crippen LogP contribution in [0.1, 0.15) is 34.5 Å². The molecule has 20 heavy (non-hydrogen) atoms. The van der Waals surface area contributed by atoms with Crippen LogP contribution >= 0.6 is 0 Å². The Hall–Kier alpha value is -2.13. The Bertz CT molecular complexity index is 566. The zero-order valence-electron chi connectivity index (χ0n) is 11.9. The molecule has 2 aromatic carbocycles. The highest BCUT2D eigenvalue weighted by atomic mass is 16.1. The molecule has 104 valence electrons. The quantitative estimate of drug-likeness (QED) is 0.875. The minimum absolute atomic E-state index is 0.0229. The van der Waals surface area contributed by atoms with E-state index in [0.717, 1.165) is 17.7 Å². The van der Waals surface area contributed by atoms with E-state index in [9.17, 15) is 4.79 Å². The highest BCUT2D eigenvalue weighted by Crippen LogP contribution is 2.25. The van der Waals surface area contributed by atoms with E-state index in [0.29, 0.717) is 5.56 Å². The maximum absolute atomic E-state index is 12.0. The number of nitrogens with one attached hydrogen (secondary N) is 2. The molecule has 0 spiro atoms. The van der Waals surface area contributed by atoms with Crippen LogP contribution in [0.15, 0.2) is 54.6 Å². The second-order valence-corrected chi connectivity index (χ2v) is 4.57. The molecule has 0 aliphatic rings. The van der Waals surface area contributed by atoms with Crippen LogP contribution in [0.2, 0.25) is 0 Å². The van der Waals surface area contributed by atoms with Crippen LogP contribution in [-0.4, -0.2) is 19.5 Å². The fraction of sp³-hybridized carbons (Fsp3) is 0.235. The third-order valence-electron chi connectivity index (χ3n) is 3.28. The summed E-state index contributed by atoms with van der Waals surface area (Å²) in [7, 11) is 1.66. The number of amides is 1. The summed E-state index contributed by atoms with van der Waals surface area (Å²) in [6, 6.07) is 17.9. The Morgan fingerprint density at radius 3 is 2.35 bits per heavy atom. The monoisotopic (exact) mass is 268 g/mol. The maximum atomic E-state index is 12.0. The summed E-state index contributed by atoms with van der Waals surface area (Å²) >= 11 is 0. The highest BCUT2D eigenvalue weighted by molar-refractivity contribution is 5.95. The summed E-state index contributed by atoms with van der Waals surface area (Å²) in [5, 5.41) is 6.16. The zero-order chi connectivity index (χ0) is 14.4. The summed E-state index contributed by atoms with van der Waals surface area (Å²) in [6.07, 6.45) is 0. The van der Waals surface area contributed by atoms with Crippen LogP contribution in [0.5, 0.6) is 0 Å². The van der Waals surface area contributed by atoms with E-state index in [1.54, 1.807) is 7.05 Å². The third kappa shape index (κ3) is 3.06. The van der Waals surface area contributed by atoms with Gasteiger partial charge < -0.3 is 10.6 Å². The van der Waals surface area contributed by atoms with Gasteiger partial charge in [-0.15, -0.1) is 0 Å². The minimum atomic E-state index is -0.0561. The van der Waals surface area contributed by atoms with E-state index < -0.39 is 0 Å².